The second kappa shape index (κ2) is 3.17. The molecule has 1 aromatic rings. The summed E-state index contributed by atoms with van der Waals surface area (Å²) in [7, 11) is 0. The molecule has 0 aromatic heterocycles. The van der Waals surface area contributed by atoms with Gasteiger partial charge in [-0.2, -0.15) is 0 Å². The third-order valence-corrected chi connectivity index (χ3v) is 2.45. The molecule has 1 aliphatic rings. The Hall–Kier alpha value is -1.37. The number of Topliss-reactive ketones (excluding diaryl/α,β-unsaturated/α-hetero) is 1. The highest BCUT2D eigenvalue weighted by molar-refractivity contribution is 5.96. The van der Waals surface area contributed by atoms with E-state index in [1.54, 1.807) is 6.92 Å². The Labute approximate surface area is 78.1 Å². The first kappa shape index (κ1) is 8.24. The largest absolute Gasteiger partial charge is 0.295 e. The molecular weight excluding hydrogens is 160 g/mol. The molecule has 0 saturated carbocycles. The molecule has 1 aromatic carbocycles. The van der Waals surface area contributed by atoms with Gasteiger partial charge in [-0.1, -0.05) is 30.4 Å². The van der Waals surface area contributed by atoms with E-state index in [0.717, 1.165) is 18.4 Å². The molecule has 0 saturated heterocycles. The first-order valence-electron chi connectivity index (χ1n) is 4.58. The fourth-order valence-electron chi connectivity index (χ4n) is 1.81. The molecule has 0 N–H and O–H groups in total. The van der Waals surface area contributed by atoms with Crippen LogP contribution < -0.4 is 0 Å². The highest BCUT2D eigenvalue weighted by Crippen LogP contribution is 2.22. The van der Waals surface area contributed by atoms with E-state index in [1.807, 2.05) is 12.1 Å². The van der Waals surface area contributed by atoms with Crippen LogP contribution in [-0.4, -0.2) is 5.78 Å². The third-order valence-electron chi connectivity index (χ3n) is 2.45. The molecule has 0 radical (unpaired) electrons. The molecular formula is C12H12O. The van der Waals surface area contributed by atoms with Crippen LogP contribution in [0.3, 0.4) is 0 Å². The van der Waals surface area contributed by atoms with E-state index in [9.17, 15) is 4.79 Å². The number of carbonyl (C=O) groups excluding carboxylic acids is 1. The van der Waals surface area contributed by atoms with Crippen LogP contribution in [0.2, 0.25) is 0 Å². The molecule has 1 heteroatoms. The maximum absolute atomic E-state index is 11.3. The Balaban J connectivity index is 2.59. The van der Waals surface area contributed by atoms with Crippen LogP contribution in [0.25, 0.3) is 6.08 Å². The van der Waals surface area contributed by atoms with Crippen LogP contribution in [0, 0.1) is 0 Å². The van der Waals surface area contributed by atoms with E-state index in [0.29, 0.717) is 0 Å². The quantitative estimate of drug-likeness (QED) is 0.595. The van der Waals surface area contributed by atoms with E-state index in [2.05, 4.69) is 18.2 Å². The highest BCUT2D eigenvalue weighted by atomic mass is 16.1. The Kier molecular flexibility index (Phi) is 2.01. The Morgan fingerprint density at radius 1 is 1.38 bits per heavy atom. The van der Waals surface area contributed by atoms with Crippen LogP contribution in [0.5, 0.6) is 0 Å². The van der Waals surface area contributed by atoms with Gasteiger partial charge in [0.05, 0.1) is 0 Å². The number of hydrogen-bond donors (Lipinski definition) is 0. The third kappa shape index (κ3) is 1.42. The van der Waals surface area contributed by atoms with Crippen molar-refractivity contribution in [2.75, 3.05) is 0 Å². The molecule has 0 heterocycles. The minimum atomic E-state index is 0.173. The number of rotatable bonds is 1. The SMILES string of the molecule is CC(=O)c1cccc2c1CCC=C2. The lowest BCUT2D eigenvalue weighted by Gasteiger charge is -2.13. The van der Waals surface area contributed by atoms with Gasteiger partial charge in [-0.3, -0.25) is 4.79 Å². The van der Waals surface area contributed by atoms with Gasteiger partial charge in [0.25, 0.3) is 0 Å². The zero-order valence-corrected chi connectivity index (χ0v) is 7.71. The van der Waals surface area contributed by atoms with E-state index in [4.69, 9.17) is 0 Å². The summed E-state index contributed by atoms with van der Waals surface area (Å²) >= 11 is 0. The minimum Gasteiger partial charge on any atom is -0.295 e. The van der Waals surface area contributed by atoms with Gasteiger partial charge in [-0.15, -0.1) is 0 Å². The van der Waals surface area contributed by atoms with Gasteiger partial charge in [-0.05, 0) is 30.9 Å². The standard InChI is InChI=1S/C12H12O/c1-9(13)11-8-4-6-10-5-2-3-7-12(10)11/h2,4-6,8H,3,7H2,1H3. The van der Waals surface area contributed by atoms with Gasteiger partial charge in [0.2, 0.25) is 0 Å². The van der Waals surface area contributed by atoms with Crippen molar-refractivity contribution >= 4 is 11.9 Å². The molecule has 13 heavy (non-hydrogen) atoms. The van der Waals surface area contributed by atoms with E-state index in [1.165, 1.54) is 11.1 Å². The highest BCUT2D eigenvalue weighted by Gasteiger charge is 2.11. The van der Waals surface area contributed by atoms with Gasteiger partial charge >= 0.3 is 0 Å². The summed E-state index contributed by atoms with van der Waals surface area (Å²) in [4.78, 5) is 11.3. The summed E-state index contributed by atoms with van der Waals surface area (Å²) in [5.74, 6) is 0.173. The molecule has 1 aliphatic carbocycles. The summed E-state index contributed by atoms with van der Waals surface area (Å²) in [6.45, 7) is 1.63. The number of hydrogen-bond acceptors (Lipinski definition) is 1. The first-order valence-corrected chi connectivity index (χ1v) is 4.58. The Bertz CT molecular complexity index is 375. The van der Waals surface area contributed by atoms with Gasteiger partial charge in [0.1, 0.15) is 0 Å². The molecule has 66 valence electrons. The van der Waals surface area contributed by atoms with Crippen molar-refractivity contribution in [1.82, 2.24) is 0 Å². The van der Waals surface area contributed by atoms with Gasteiger partial charge in [-0.25, -0.2) is 0 Å². The number of allylic oxidation sites excluding steroid dienone is 1. The summed E-state index contributed by atoms with van der Waals surface area (Å²) < 4.78 is 0. The van der Waals surface area contributed by atoms with Crippen molar-refractivity contribution in [1.29, 1.82) is 0 Å². The lowest BCUT2D eigenvalue weighted by atomic mass is 9.91. The average Bonchev–Trinajstić information content (AvgIpc) is 2.17. The lowest BCUT2D eigenvalue weighted by Crippen LogP contribution is -2.03. The maximum atomic E-state index is 11.3. The molecule has 0 spiro atoms. The molecule has 0 unspecified atom stereocenters. The summed E-state index contributed by atoms with van der Waals surface area (Å²) in [6.07, 6.45) is 6.32. The number of ketones is 1. The molecule has 0 atom stereocenters. The van der Waals surface area contributed by atoms with Gasteiger partial charge < -0.3 is 0 Å². The Morgan fingerprint density at radius 2 is 2.23 bits per heavy atom. The lowest BCUT2D eigenvalue weighted by molar-refractivity contribution is 0.101. The van der Waals surface area contributed by atoms with E-state index < -0.39 is 0 Å². The Morgan fingerprint density at radius 3 is 3.00 bits per heavy atom. The van der Waals surface area contributed by atoms with Crippen LogP contribution in [0.15, 0.2) is 24.3 Å². The van der Waals surface area contributed by atoms with Crippen molar-refractivity contribution in [2.24, 2.45) is 0 Å². The predicted octanol–water partition coefficient (Wildman–Crippen LogP) is 2.85. The first-order chi connectivity index (χ1) is 6.29. The average molecular weight is 172 g/mol. The van der Waals surface area contributed by atoms with Crippen LogP contribution in [0.1, 0.15) is 34.8 Å². The molecule has 0 bridgehead atoms. The molecule has 1 nitrogen and oxygen atoms in total. The molecule has 0 fully saturated rings. The number of fused-ring (bicyclic) bond motifs is 1. The summed E-state index contributed by atoms with van der Waals surface area (Å²) in [6, 6.07) is 5.93. The van der Waals surface area contributed by atoms with Crippen LogP contribution in [0.4, 0.5) is 0 Å². The fourth-order valence-corrected chi connectivity index (χ4v) is 1.81. The minimum absolute atomic E-state index is 0.173. The second-order valence-electron chi connectivity index (χ2n) is 3.37. The second-order valence-corrected chi connectivity index (χ2v) is 3.37. The smallest absolute Gasteiger partial charge is 0.160 e. The zero-order chi connectivity index (χ0) is 9.26. The topological polar surface area (TPSA) is 17.1 Å². The fraction of sp³-hybridized carbons (Fsp3) is 0.250. The summed E-state index contributed by atoms with van der Waals surface area (Å²) in [5.41, 5.74) is 3.32. The predicted molar refractivity (Wildman–Crippen MR) is 53.8 cm³/mol. The maximum Gasteiger partial charge on any atom is 0.160 e. The van der Waals surface area contributed by atoms with Crippen molar-refractivity contribution < 1.29 is 4.79 Å². The van der Waals surface area contributed by atoms with Crippen LogP contribution >= 0.6 is 0 Å². The molecule has 0 aliphatic heterocycles. The van der Waals surface area contributed by atoms with Crippen molar-refractivity contribution in [3.8, 4) is 0 Å². The van der Waals surface area contributed by atoms with Crippen molar-refractivity contribution in [3.05, 3.63) is 41.0 Å². The van der Waals surface area contributed by atoms with Crippen molar-refractivity contribution in [3.63, 3.8) is 0 Å². The number of carbonyl (C=O) groups is 1. The molecule has 0 amide bonds. The summed E-state index contributed by atoms with van der Waals surface area (Å²) in [5, 5.41) is 0. The van der Waals surface area contributed by atoms with E-state index >= 15 is 0 Å². The zero-order valence-electron chi connectivity index (χ0n) is 7.71. The monoisotopic (exact) mass is 172 g/mol. The van der Waals surface area contributed by atoms with E-state index in [-0.39, 0.29) is 5.78 Å². The van der Waals surface area contributed by atoms with Gasteiger partial charge in [0.15, 0.2) is 5.78 Å². The van der Waals surface area contributed by atoms with Crippen molar-refractivity contribution in [2.45, 2.75) is 19.8 Å². The molecule has 2 rings (SSSR count). The van der Waals surface area contributed by atoms with Gasteiger partial charge in [0, 0.05) is 5.56 Å². The normalized spacial score (nSPS) is 13.9. The number of benzene rings is 1. The van der Waals surface area contributed by atoms with Crippen LogP contribution in [-0.2, 0) is 6.42 Å².